The highest BCUT2D eigenvalue weighted by molar-refractivity contribution is 6.18. The summed E-state index contributed by atoms with van der Waals surface area (Å²) >= 11 is 5.85. The topological polar surface area (TPSA) is 0 Å². The molecule has 0 heterocycles. The molecule has 0 amide bonds. The molecule has 13 heavy (non-hydrogen) atoms. The molecule has 0 bridgehead atoms. The predicted molar refractivity (Wildman–Crippen MR) is 58.2 cm³/mol. The lowest BCUT2D eigenvalue weighted by molar-refractivity contribution is 1.43. The average Bonchev–Trinajstić information content (AvgIpc) is 2.16. The summed E-state index contributed by atoms with van der Waals surface area (Å²) in [5, 5.41) is 2.54. The molecule has 2 aromatic rings. The quantitative estimate of drug-likeness (QED) is 0.599. The smallest absolute Gasteiger partial charge is 0.0480 e. The third-order valence-electron chi connectivity index (χ3n) is 2.27. The number of aryl methyl sites for hydroxylation is 1. The standard InChI is InChI=1S/C12H11Cl/c1-9-5-6-12-10(7-9)3-2-4-11(12)8-13/h2-7H,8H2,1H3. The van der Waals surface area contributed by atoms with Crippen LogP contribution in [0.25, 0.3) is 10.8 Å². The van der Waals surface area contributed by atoms with Gasteiger partial charge < -0.3 is 0 Å². The van der Waals surface area contributed by atoms with E-state index in [9.17, 15) is 0 Å². The minimum Gasteiger partial charge on any atom is -0.122 e. The largest absolute Gasteiger partial charge is 0.122 e. The van der Waals surface area contributed by atoms with E-state index in [4.69, 9.17) is 11.6 Å². The van der Waals surface area contributed by atoms with E-state index in [1.807, 2.05) is 0 Å². The molecule has 2 rings (SSSR count). The molecule has 0 saturated heterocycles. The van der Waals surface area contributed by atoms with Crippen LogP contribution < -0.4 is 0 Å². The zero-order valence-corrected chi connectivity index (χ0v) is 8.31. The van der Waals surface area contributed by atoms with E-state index in [1.165, 1.54) is 21.9 Å². The van der Waals surface area contributed by atoms with Crippen LogP contribution in [0.3, 0.4) is 0 Å². The van der Waals surface area contributed by atoms with Gasteiger partial charge in [0, 0.05) is 5.88 Å². The number of halogens is 1. The van der Waals surface area contributed by atoms with Gasteiger partial charge in [-0.15, -0.1) is 11.6 Å². The Morgan fingerprint density at radius 3 is 2.77 bits per heavy atom. The van der Waals surface area contributed by atoms with E-state index < -0.39 is 0 Å². The number of hydrogen-bond donors (Lipinski definition) is 0. The first-order chi connectivity index (χ1) is 6.31. The Bertz CT molecular complexity index is 432. The van der Waals surface area contributed by atoms with Crippen molar-refractivity contribution in [2.75, 3.05) is 0 Å². The minimum atomic E-state index is 0.584. The molecule has 0 atom stereocenters. The molecular formula is C12H11Cl. The lowest BCUT2D eigenvalue weighted by Gasteiger charge is -2.03. The van der Waals surface area contributed by atoms with E-state index in [1.54, 1.807) is 0 Å². The summed E-state index contributed by atoms with van der Waals surface area (Å²) in [6, 6.07) is 12.7. The van der Waals surface area contributed by atoms with Crippen molar-refractivity contribution in [3.05, 3.63) is 47.5 Å². The molecule has 0 saturated carbocycles. The first-order valence-electron chi connectivity index (χ1n) is 4.35. The zero-order chi connectivity index (χ0) is 9.26. The Balaban J connectivity index is 2.77. The van der Waals surface area contributed by atoms with Gasteiger partial charge in [-0.05, 0) is 23.3 Å². The van der Waals surface area contributed by atoms with E-state index >= 15 is 0 Å². The van der Waals surface area contributed by atoms with Gasteiger partial charge in [0.05, 0.1) is 0 Å². The van der Waals surface area contributed by atoms with Crippen LogP contribution in [0.5, 0.6) is 0 Å². The van der Waals surface area contributed by atoms with Crippen LogP contribution in [0.15, 0.2) is 36.4 Å². The van der Waals surface area contributed by atoms with Gasteiger partial charge in [0.2, 0.25) is 0 Å². The van der Waals surface area contributed by atoms with Crippen molar-refractivity contribution >= 4 is 22.4 Å². The van der Waals surface area contributed by atoms with Gasteiger partial charge in [0.1, 0.15) is 0 Å². The van der Waals surface area contributed by atoms with Crippen LogP contribution in [0.2, 0.25) is 0 Å². The maximum Gasteiger partial charge on any atom is 0.0480 e. The number of fused-ring (bicyclic) bond motifs is 1. The molecule has 0 aliphatic rings. The highest BCUT2D eigenvalue weighted by atomic mass is 35.5. The third-order valence-corrected chi connectivity index (χ3v) is 2.56. The molecule has 2 aromatic carbocycles. The second kappa shape index (κ2) is 3.39. The molecule has 0 aromatic heterocycles. The zero-order valence-electron chi connectivity index (χ0n) is 7.55. The van der Waals surface area contributed by atoms with Crippen molar-refractivity contribution < 1.29 is 0 Å². The van der Waals surface area contributed by atoms with Crippen molar-refractivity contribution in [3.8, 4) is 0 Å². The van der Waals surface area contributed by atoms with Gasteiger partial charge >= 0.3 is 0 Å². The number of hydrogen-bond acceptors (Lipinski definition) is 0. The molecule has 0 fully saturated rings. The van der Waals surface area contributed by atoms with Gasteiger partial charge in [-0.2, -0.15) is 0 Å². The first-order valence-corrected chi connectivity index (χ1v) is 4.89. The minimum absolute atomic E-state index is 0.584. The molecule has 0 spiro atoms. The van der Waals surface area contributed by atoms with Crippen molar-refractivity contribution in [2.45, 2.75) is 12.8 Å². The summed E-state index contributed by atoms with van der Waals surface area (Å²) in [4.78, 5) is 0. The van der Waals surface area contributed by atoms with E-state index in [0.717, 1.165) is 0 Å². The molecule has 0 aliphatic carbocycles. The Kier molecular flexibility index (Phi) is 2.24. The molecular weight excluding hydrogens is 180 g/mol. The van der Waals surface area contributed by atoms with E-state index in [2.05, 4.69) is 43.3 Å². The van der Waals surface area contributed by atoms with Gasteiger partial charge in [0.25, 0.3) is 0 Å². The monoisotopic (exact) mass is 190 g/mol. The predicted octanol–water partition coefficient (Wildman–Crippen LogP) is 3.89. The number of alkyl halides is 1. The number of rotatable bonds is 1. The Hall–Kier alpha value is -1.01. The summed E-state index contributed by atoms with van der Waals surface area (Å²) in [7, 11) is 0. The van der Waals surface area contributed by atoms with Gasteiger partial charge in [-0.25, -0.2) is 0 Å². The van der Waals surface area contributed by atoms with Gasteiger partial charge in [0.15, 0.2) is 0 Å². The van der Waals surface area contributed by atoms with Gasteiger partial charge in [-0.3, -0.25) is 0 Å². The summed E-state index contributed by atoms with van der Waals surface area (Å²) < 4.78 is 0. The number of benzene rings is 2. The van der Waals surface area contributed by atoms with Crippen LogP contribution in [-0.4, -0.2) is 0 Å². The van der Waals surface area contributed by atoms with Crippen LogP contribution in [0, 0.1) is 6.92 Å². The SMILES string of the molecule is Cc1ccc2c(CCl)cccc2c1. The highest BCUT2D eigenvalue weighted by Crippen LogP contribution is 2.21. The fraction of sp³-hybridized carbons (Fsp3) is 0.167. The molecule has 0 radical (unpaired) electrons. The Morgan fingerprint density at radius 2 is 2.00 bits per heavy atom. The summed E-state index contributed by atoms with van der Waals surface area (Å²) in [5.74, 6) is 0.584. The van der Waals surface area contributed by atoms with E-state index in [0.29, 0.717) is 5.88 Å². The van der Waals surface area contributed by atoms with E-state index in [-0.39, 0.29) is 0 Å². The van der Waals surface area contributed by atoms with Crippen LogP contribution in [-0.2, 0) is 5.88 Å². The van der Waals surface area contributed by atoms with Crippen molar-refractivity contribution in [1.29, 1.82) is 0 Å². The highest BCUT2D eigenvalue weighted by Gasteiger charge is 1.98. The Morgan fingerprint density at radius 1 is 1.15 bits per heavy atom. The maximum atomic E-state index is 5.85. The lowest BCUT2D eigenvalue weighted by Crippen LogP contribution is -1.82. The van der Waals surface area contributed by atoms with Crippen LogP contribution >= 0.6 is 11.6 Å². The lowest BCUT2D eigenvalue weighted by atomic mass is 10.0. The maximum absolute atomic E-state index is 5.85. The second-order valence-corrected chi connectivity index (χ2v) is 3.54. The van der Waals surface area contributed by atoms with Gasteiger partial charge in [-0.1, -0.05) is 42.0 Å². The fourth-order valence-corrected chi connectivity index (χ4v) is 1.82. The van der Waals surface area contributed by atoms with Crippen molar-refractivity contribution in [3.63, 3.8) is 0 Å². The van der Waals surface area contributed by atoms with Crippen LogP contribution in [0.4, 0.5) is 0 Å². The normalized spacial score (nSPS) is 10.6. The summed E-state index contributed by atoms with van der Waals surface area (Å²) in [6.45, 7) is 2.10. The summed E-state index contributed by atoms with van der Waals surface area (Å²) in [5.41, 5.74) is 2.50. The van der Waals surface area contributed by atoms with Crippen molar-refractivity contribution in [2.24, 2.45) is 0 Å². The van der Waals surface area contributed by atoms with Crippen LogP contribution in [0.1, 0.15) is 11.1 Å². The molecule has 1 heteroatoms. The van der Waals surface area contributed by atoms with Crippen molar-refractivity contribution in [1.82, 2.24) is 0 Å². The first kappa shape index (κ1) is 8.58. The molecule has 66 valence electrons. The average molecular weight is 191 g/mol. The molecule has 0 N–H and O–H groups in total. The fourth-order valence-electron chi connectivity index (χ4n) is 1.59. The summed E-state index contributed by atoms with van der Waals surface area (Å²) in [6.07, 6.45) is 0. The third kappa shape index (κ3) is 1.54. The Labute approximate surface area is 83.1 Å². The molecule has 0 unspecified atom stereocenters. The molecule has 0 nitrogen and oxygen atoms in total. The molecule has 0 aliphatic heterocycles. The second-order valence-electron chi connectivity index (χ2n) is 3.28.